The number of hydrogen-bond donors (Lipinski definition) is 1. The van der Waals surface area contributed by atoms with Crippen LogP contribution in [-0.2, 0) is 12.8 Å². The number of fused-ring (bicyclic) bond motifs is 1. The first kappa shape index (κ1) is 14.2. The van der Waals surface area contributed by atoms with E-state index in [0.717, 1.165) is 29.0 Å². The van der Waals surface area contributed by atoms with E-state index >= 15 is 0 Å². The monoisotopic (exact) mass is 297 g/mol. The Kier molecular flexibility index (Phi) is 4.30. The highest BCUT2D eigenvalue weighted by atomic mass is 32.2. The summed E-state index contributed by atoms with van der Waals surface area (Å²) in [6.45, 7) is 0. The number of benzene rings is 2. The van der Waals surface area contributed by atoms with Crippen molar-refractivity contribution in [3.05, 3.63) is 59.2 Å². The minimum Gasteiger partial charge on any atom is -0.322 e. The zero-order chi connectivity index (χ0) is 14.7. The first-order valence-electron chi connectivity index (χ1n) is 7.34. The van der Waals surface area contributed by atoms with Crippen molar-refractivity contribution >= 4 is 23.4 Å². The van der Waals surface area contributed by atoms with Crippen LogP contribution in [0.25, 0.3) is 0 Å². The Balaban J connectivity index is 1.88. The highest BCUT2D eigenvalue weighted by molar-refractivity contribution is 7.98. The average Bonchev–Trinajstić information content (AvgIpc) is 2.55. The number of aryl methyl sites for hydroxylation is 1. The minimum absolute atomic E-state index is 0.0149. The van der Waals surface area contributed by atoms with Gasteiger partial charge in [0.15, 0.2) is 0 Å². The Morgan fingerprint density at radius 3 is 2.71 bits per heavy atom. The van der Waals surface area contributed by atoms with Crippen LogP contribution in [0.4, 0.5) is 5.69 Å². The largest absolute Gasteiger partial charge is 0.322 e. The van der Waals surface area contributed by atoms with Gasteiger partial charge in [0.1, 0.15) is 0 Å². The Morgan fingerprint density at radius 1 is 1.05 bits per heavy atom. The Hall–Kier alpha value is -1.74. The number of anilines is 1. The molecule has 2 aromatic rings. The normalized spacial score (nSPS) is 13.6. The molecule has 0 unspecified atom stereocenters. The van der Waals surface area contributed by atoms with Gasteiger partial charge in [-0.3, -0.25) is 4.79 Å². The molecule has 108 valence electrons. The molecule has 0 spiro atoms. The minimum atomic E-state index is -0.0149. The second-order valence-corrected chi connectivity index (χ2v) is 6.15. The topological polar surface area (TPSA) is 29.1 Å². The fraction of sp³-hybridized carbons (Fsp3) is 0.278. The zero-order valence-electron chi connectivity index (χ0n) is 12.2. The fourth-order valence-corrected chi connectivity index (χ4v) is 3.52. The highest BCUT2D eigenvalue weighted by Crippen LogP contribution is 2.29. The van der Waals surface area contributed by atoms with Crippen molar-refractivity contribution in [2.24, 2.45) is 0 Å². The van der Waals surface area contributed by atoms with Crippen molar-refractivity contribution in [2.75, 3.05) is 11.6 Å². The number of carbonyl (C=O) groups is 1. The number of nitrogens with one attached hydrogen (secondary N) is 1. The maximum atomic E-state index is 12.6. The molecule has 0 fully saturated rings. The first-order chi connectivity index (χ1) is 10.3. The van der Waals surface area contributed by atoms with Crippen molar-refractivity contribution in [1.29, 1.82) is 0 Å². The van der Waals surface area contributed by atoms with Gasteiger partial charge in [0.05, 0.1) is 5.56 Å². The highest BCUT2D eigenvalue weighted by Gasteiger charge is 2.16. The molecular formula is C18H19NOS. The lowest BCUT2D eigenvalue weighted by molar-refractivity contribution is 0.102. The van der Waals surface area contributed by atoms with Gasteiger partial charge >= 0.3 is 0 Å². The zero-order valence-corrected chi connectivity index (χ0v) is 13.0. The van der Waals surface area contributed by atoms with Crippen molar-refractivity contribution < 1.29 is 4.79 Å². The van der Waals surface area contributed by atoms with Gasteiger partial charge in [-0.25, -0.2) is 0 Å². The second-order valence-electron chi connectivity index (χ2n) is 5.30. The summed E-state index contributed by atoms with van der Waals surface area (Å²) in [4.78, 5) is 13.6. The third-order valence-corrected chi connectivity index (χ3v) is 4.79. The van der Waals surface area contributed by atoms with Crippen LogP contribution >= 0.6 is 11.8 Å². The second kappa shape index (κ2) is 6.35. The van der Waals surface area contributed by atoms with Crippen LogP contribution in [0.15, 0.2) is 47.4 Å². The van der Waals surface area contributed by atoms with E-state index in [1.807, 2.05) is 42.7 Å². The van der Waals surface area contributed by atoms with E-state index in [0.29, 0.717) is 0 Å². The Bertz CT molecular complexity index is 666. The predicted molar refractivity (Wildman–Crippen MR) is 89.3 cm³/mol. The van der Waals surface area contributed by atoms with E-state index in [4.69, 9.17) is 0 Å². The van der Waals surface area contributed by atoms with Gasteiger partial charge in [-0.15, -0.1) is 11.8 Å². The standard InChI is InChI=1S/C18H19NOS/c1-21-17-12-5-4-10-15(17)18(20)19-16-11-6-8-13-7-2-3-9-14(13)16/h4-6,8,10-12H,2-3,7,9H2,1H3,(H,19,20). The van der Waals surface area contributed by atoms with Gasteiger partial charge < -0.3 is 5.32 Å². The van der Waals surface area contributed by atoms with E-state index in [2.05, 4.69) is 11.4 Å². The number of carbonyl (C=O) groups excluding carboxylic acids is 1. The summed E-state index contributed by atoms with van der Waals surface area (Å²) in [5, 5.41) is 3.11. The van der Waals surface area contributed by atoms with Crippen molar-refractivity contribution in [1.82, 2.24) is 0 Å². The number of thioether (sulfide) groups is 1. The summed E-state index contributed by atoms with van der Waals surface area (Å²) in [6.07, 6.45) is 6.65. The molecule has 1 aliphatic rings. The van der Waals surface area contributed by atoms with Gasteiger partial charge in [0.25, 0.3) is 5.91 Å². The molecule has 1 N–H and O–H groups in total. The molecule has 0 aromatic heterocycles. The Labute approximate surface area is 130 Å². The van der Waals surface area contributed by atoms with Crippen LogP contribution in [-0.4, -0.2) is 12.2 Å². The molecule has 0 bridgehead atoms. The van der Waals surface area contributed by atoms with Crippen LogP contribution in [0.5, 0.6) is 0 Å². The molecule has 0 saturated carbocycles. The fourth-order valence-electron chi connectivity index (χ4n) is 2.92. The lowest BCUT2D eigenvalue weighted by Crippen LogP contribution is -2.16. The molecule has 0 aliphatic heterocycles. The van der Waals surface area contributed by atoms with E-state index in [-0.39, 0.29) is 5.91 Å². The predicted octanol–water partition coefficient (Wildman–Crippen LogP) is 4.54. The van der Waals surface area contributed by atoms with Gasteiger partial charge in [-0.05, 0) is 61.3 Å². The number of rotatable bonds is 3. The van der Waals surface area contributed by atoms with E-state index < -0.39 is 0 Å². The Morgan fingerprint density at radius 2 is 1.86 bits per heavy atom. The summed E-state index contributed by atoms with van der Waals surface area (Å²) >= 11 is 1.60. The summed E-state index contributed by atoms with van der Waals surface area (Å²) in [7, 11) is 0. The van der Waals surface area contributed by atoms with Crippen LogP contribution in [0.3, 0.4) is 0 Å². The molecule has 21 heavy (non-hydrogen) atoms. The van der Waals surface area contributed by atoms with E-state index in [1.54, 1.807) is 11.8 Å². The quantitative estimate of drug-likeness (QED) is 0.843. The maximum Gasteiger partial charge on any atom is 0.256 e. The summed E-state index contributed by atoms with van der Waals surface area (Å²) < 4.78 is 0. The smallest absolute Gasteiger partial charge is 0.256 e. The molecule has 0 saturated heterocycles. The molecule has 0 radical (unpaired) electrons. The number of amides is 1. The van der Waals surface area contributed by atoms with E-state index in [9.17, 15) is 4.79 Å². The third-order valence-electron chi connectivity index (χ3n) is 4.00. The van der Waals surface area contributed by atoms with Crippen LogP contribution in [0, 0.1) is 0 Å². The maximum absolute atomic E-state index is 12.6. The average molecular weight is 297 g/mol. The van der Waals surface area contributed by atoms with E-state index in [1.165, 1.54) is 24.0 Å². The first-order valence-corrected chi connectivity index (χ1v) is 8.57. The molecule has 1 amide bonds. The molecule has 2 nitrogen and oxygen atoms in total. The van der Waals surface area contributed by atoms with Crippen LogP contribution in [0.1, 0.15) is 34.3 Å². The summed E-state index contributed by atoms with van der Waals surface area (Å²) in [6, 6.07) is 14.0. The molecule has 1 aliphatic carbocycles. The van der Waals surface area contributed by atoms with Crippen molar-refractivity contribution in [2.45, 2.75) is 30.6 Å². The lowest BCUT2D eigenvalue weighted by atomic mass is 9.90. The van der Waals surface area contributed by atoms with Crippen LogP contribution < -0.4 is 5.32 Å². The summed E-state index contributed by atoms with van der Waals surface area (Å²) in [5.74, 6) is -0.0149. The molecule has 3 heteroatoms. The summed E-state index contributed by atoms with van der Waals surface area (Å²) in [5.41, 5.74) is 4.43. The molecule has 2 aromatic carbocycles. The van der Waals surface area contributed by atoms with Crippen molar-refractivity contribution in [3.8, 4) is 0 Å². The van der Waals surface area contributed by atoms with Crippen molar-refractivity contribution in [3.63, 3.8) is 0 Å². The molecule has 0 atom stereocenters. The SMILES string of the molecule is CSc1ccccc1C(=O)Nc1cccc2c1CCCC2. The van der Waals surface area contributed by atoms with Crippen LogP contribution in [0.2, 0.25) is 0 Å². The molecule has 0 heterocycles. The van der Waals surface area contributed by atoms with Gasteiger partial charge in [0, 0.05) is 10.6 Å². The van der Waals surface area contributed by atoms with Gasteiger partial charge in [-0.2, -0.15) is 0 Å². The molecular weight excluding hydrogens is 278 g/mol. The van der Waals surface area contributed by atoms with Gasteiger partial charge in [-0.1, -0.05) is 24.3 Å². The third kappa shape index (κ3) is 2.98. The lowest BCUT2D eigenvalue weighted by Gasteiger charge is -2.20. The number of hydrogen-bond acceptors (Lipinski definition) is 2. The molecule has 3 rings (SSSR count). The van der Waals surface area contributed by atoms with Gasteiger partial charge in [0.2, 0.25) is 0 Å².